The molecule has 8 heteroatoms. The van der Waals surface area contributed by atoms with Gasteiger partial charge in [0.1, 0.15) is 0 Å². The van der Waals surface area contributed by atoms with Crippen molar-refractivity contribution in [2.45, 2.75) is 26.4 Å². The normalized spacial score (nSPS) is 10.7. The third kappa shape index (κ3) is 6.32. The average molecular weight is 470 g/mol. The predicted octanol–water partition coefficient (Wildman–Crippen LogP) is 4.67. The summed E-state index contributed by atoms with van der Waals surface area (Å²) in [7, 11) is 0. The molecule has 0 radical (unpaired) electrons. The number of carbonyl (C=O) groups is 2. The number of amides is 1. The van der Waals surface area contributed by atoms with Crippen molar-refractivity contribution in [3.63, 3.8) is 0 Å². The molecule has 0 bridgehead atoms. The molecule has 3 aromatic carbocycles. The highest BCUT2D eigenvalue weighted by Crippen LogP contribution is 2.23. The second-order valence-electron chi connectivity index (χ2n) is 8.26. The predicted molar refractivity (Wildman–Crippen MR) is 135 cm³/mol. The van der Waals surface area contributed by atoms with E-state index in [4.69, 9.17) is 4.74 Å². The first-order valence-electron chi connectivity index (χ1n) is 11.3. The quantitative estimate of drug-likeness (QED) is 0.359. The third-order valence-corrected chi connectivity index (χ3v) is 5.25. The van der Waals surface area contributed by atoms with Crippen LogP contribution in [0.5, 0.6) is 0 Å². The first kappa shape index (κ1) is 23.7. The summed E-state index contributed by atoms with van der Waals surface area (Å²) in [5.74, 6) is -1.02. The first-order valence-corrected chi connectivity index (χ1v) is 11.3. The van der Waals surface area contributed by atoms with Gasteiger partial charge in [-0.15, -0.1) is 5.10 Å². The standard InChI is InChI=1S/C27H27N5O3/c1-20(2)32(24-15-13-23(14-16-24)28-22-11-7-4-8-12-22)26(33)19-35-27(34)25-18-31(30-29-25)17-21-9-5-3-6-10-21/h3-16,18,20,28H,17,19H2,1-2H3. The Labute approximate surface area is 204 Å². The molecule has 0 saturated carbocycles. The van der Waals surface area contributed by atoms with Crippen LogP contribution >= 0.6 is 0 Å². The molecule has 35 heavy (non-hydrogen) atoms. The number of benzene rings is 3. The van der Waals surface area contributed by atoms with Crippen molar-refractivity contribution >= 4 is 28.9 Å². The van der Waals surface area contributed by atoms with Gasteiger partial charge in [-0.3, -0.25) is 4.79 Å². The Morgan fingerprint density at radius 3 is 2.20 bits per heavy atom. The van der Waals surface area contributed by atoms with Gasteiger partial charge in [0.2, 0.25) is 0 Å². The molecule has 1 amide bonds. The Morgan fingerprint density at radius 1 is 0.914 bits per heavy atom. The van der Waals surface area contributed by atoms with E-state index in [1.807, 2.05) is 98.8 Å². The van der Waals surface area contributed by atoms with Crippen LogP contribution in [0.15, 0.2) is 91.1 Å². The van der Waals surface area contributed by atoms with E-state index < -0.39 is 12.6 Å². The maximum absolute atomic E-state index is 12.9. The molecule has 4 aromatic rings. The topological polar surface area (TPSA) is 89.4 Å². The van der Waals surface area contributed by atoms with Gasteiger partial charge in [0.25, 0.3) is 5.91 Å². The molecule has 0 spiro atoms. The number of hydrogen-bond acceptors (Lipinski definition) is 6. The minimum atomic E-state index is -0.691. The maximum atomic E-state index is 12.9. The highest BCUT2D eigenvalue weighted by molar-refractivity contribution is 5.97. The summed E-state index contributed by atoms with van der Waals surface area (Å²) >= 11 is 0. The molecular weight excluding hydrogens is 442 g/mol. The molecule has 1 heterocycles. The minimum Gasteiger partial charge on any atom is -0.451 e. The van der Waals surface area contributed by atoms with Gasteiger partial charge in [-0.05, 0) is 55.8 Å². The molecule has 0 unspecified atom stereocenters. The van der Waals surface area contributed by atoms with Crippen LogP contribution in [0.1, 0.15) is 29.9 Å². The van der Waals surface area contributed by atoms with Crippen LogP contribution < -0.4 is 10.2 Å². The van der Waals surface area contributed by atoms with Crippen molar-refractivity contribution in [2.24, 2.45) is 0 Å². The molecule has 0 fully saturated rings. The Hall–Kier alpha value is -4.46. The summed E-state index contributed by atoms with van der Waals surface area (Å²) < 4.78 is 6.81. The van der Waals surface area contributed by atoms with Crippen molar-refractivity contribution in [2.75, 3.05) is 16.8 Å². The first-order chi connectivity index (χ1) is 17.0. The fraction of sp³-hybridized carbons (Fsp3) is 0.185. The van der Waals surface area contributed by atoms with Crippen LogP contribution in [0, 0.1) is 0 Å². The summed E-state index contributed by atoms with van der Waals surface area (Å²) in [5.41, 5.74) is 3.69. The van der Waals surface area contributed by atoms with Crippen LogP contribution in [0.25, 0.3) is 0 Å². The molecule has 0 aliphatic heterocycles. The Balaban J connectivity index is 1.35. The summed E-state index contributed by atoms with van der Waals surface area (Å²) in [5, 5.41) is 11.2. The number of aromatic nitrogens is 3. The number of nitrogens with one attached hydrogen (secondary N) is 1. The Bertz CT molecular complexity index is 1250. The van der Waals surface area contributed by atoms with Gasteiger partial charge in [0.15, 0.2) is 12.3 Å². The number of nitrogens with zero attached hydrogens (tertiary/aromatic N) is 4. The van der Waals surface area contributed by atoms with Crippen LogP contribution in [-0.2, 0) is 16.1 Å². The molecule has 4 rings (SSSR count). The highest BCUT2D eigenvalue weighted by atomic mass is 16.5. The summed E-state index contributed by atoms with van der Waals surface area (Å²) in [6.07, 6.45) is 1.51. The number of para-hydroxylation sites is 1. The van der Waals surface area contributed by atoms with Crippen molar-refractivity contribution in [1.29, 1.82) is 0 Å². The lowest BCUT2D eigenvalue weighted by atomic mass is 10.2. The number of anilines is 3. The van der Waals surface area contributed by atoms with E-state index >= 15 is 0 Å². The second kappa shape index (κ2) is 11.1. The lowest BCUT2D eigenvalue weighted by molar-refractivity contribution is -0.122. The van der Waals surface area contributed by atoms with Crippen LogP contribution in [0.4, 0.5) is 17.1 Å². The molecule has 178 valence electrons. The zero-order chi connectivity index (χ0) is 24.6. The molecule has 0 aliphatic carbocycles. The lowest BCUT2D eigenvalue weighted by Crippen LogP contribution is -2.40. The number of carbonyl (C=O) groups excluding carboxylic acids is 2. The van der Waals surface area contributed by atoms with Gasteiger partial charge >= 0.3 is 5.97 Å². The molecule has 8 nitrogen and oxygen atoms in total. The smallest absolute Gasteiger partial charge is 0.361 e. The second-order valence-corrected chi connectivity index (χ2v) is 8.26. The maximum Gasteiger partial charge on any atom is 0.361 e. The monoisotopic (exact) mass is 469 g/mol. The fourth-order valence-electron chi connectivity index (χ4n) is 3.63. The summed E-state index contributed by atoms with van der Waals surface area (Å²) in [6, 6.07) is 27.0. The van der Waals surface area contributed by atoms with Gasteiger partial charge in [0, 0.05) is 23.1 Å². The fourth-order valence-corrected chi connectivity index (χ4v) is 3.63. The SMILES string of the molecule is CC(C)N(C(=O)COC(=O)c1cn(Cc2ccccc2)nn1)c1ccc(Nc2ccccc2)cc1. The van der Waals surface area contributed by atoms with Crippen LogP contribution in [0.2, 0.25) is 0 Å². The zero-order valence-corrected chi connectivity index (χ0v) is 19.7. The van der Waals surface area contributed by atoms with Crippen molar-refractivity contribution in [3.8, 4) is 0 Å². The molecule has 1 N–H and O–H groups in total. The third-order valence-electron chi connectivity index (χ3n) is 5.25. The molecular formula is C27H27N5O3. The molecule has 0 atom stereocenters. The van der Waals surface area contributed by atoms with E-state index in [0.29, 0.717) is 12.2 Å². The Morgan fingerprint density at radius 2 is 1.54 bits per heavy atom. The van der Waals surface area contributed by atoms with Crippen molar-refractivity contribution < 1.29 is 14.3 Å². The summed E-state index contributed by atoms with van der Waals surface area (Å²) in [6.45, 7) is 3.90. The van der Waals surface area contributed by atoms with E-state index in [1.54, 1.807) is 9.58 Å². The van der Waals surface area contributed by atoms with Crippen LogP contribution in [-0.4, -0.2) is 39.5 Å². The largest absolute Gasteiger partial charge is 0.451 e. The number of rotatable bonds is 9. The number of ether oxygens (including phenoxy) is 1. The van der Waals surface area contributed by atoms with Gasteiger partial charge in [-0.1, -0.05) is 53.7 Å². The molecule has 0 aliphatic rings. The van der Waals surface area contributed by atoms with Gasteiger partial charge in [0.05, 0.1) is 12.7 Å². The van der Waals surface area contributed by atoms with E-state index in [9.17, 15) is 9.59 Å². The highest BCUT2D eigenvalue weighted by Gasteiger charge is 2.22. The van der Waals surface area contributed by atoms with E-state index in [-0.39, 0.29) is 17.6 Å². The van der Waals surface area contributed by atoms with Crippen LogP contribution in [0.3, 0.4) is 0 Å². The van der Waals surface area contributed by atoms with E-state index in [1.165, 1.54) is 6.20 Å². The zero-order valence-electron chi connectivity index (χ0n) is 19.7. The van der Waals surface area contributed by atoms with Gasteiger partial charge in [-0.25, -0.2) is 9.48 Å². The van der Waals surface area contributed by atoms with E-state index in [2.05, 4.69) is 15.6 Å². The average Bonchev–Trinajstić information content (AvgIpc) is 3.33. The minimum absolute atomic E-state index is 0.0566. The lowest BCUT2D eigenvalue weighted by Gasteiger charge is -2.27. The number of hydrogen-bond donors (Lipinski definition) is 1. The summed E-state index contributed by atoms with van der Waals surface area (Å²) in [4.78, 5) is 27.0. The molecule has 0 saturated heterocycles. The van der Waals surface area contributed by atoms with Crippen molar-refractivity contribution in [1.82, 2.24) is 15.0 Å². The van der Waals surface area contributed by atoms with Crippen molar-refractivity contribution in [3.05, 3.63) is 102 Å². The number of esters is 1. The van der Waals surface area contributed by atoms with Gasteiger partial charge in [-0.2, -0.15) is 0 Å². The Kier molecular flexibility index (Phi) is 7.52. The van der Waals surface area contributed by atoms with E-state index in [0.717, 1.165) is 16.9 Å². The van der Waals surface area contributed by atoms with Gasteiger partial charge < -0.3 is 15.0 Å². The molecule has 1 aromatic heterocycles.